The Bertz CT molecular complexity index is 597. The molecule has 0 saturated heterocycles. The molecule has 0 radical (unpaired) electrons. The zero-order valence-corrected chi connectivity index (χ0v) is 10.4. The monoisotopic (exact) mass is 264 g/mol. The van der Waals surface area contributed by atoms with Gasteiger partial charge in [-0.25, -0.2) is 9.07 Å². The summed E-state index contributed by atoms with van der Waals surface area (Å²) in [6, 6.07) is 3.44. The van der Waals surface area contributed by atoms with E-state index in [1.165, 1.54) is 16.8 Å². The number of unbranched alkanes of at least 4 members (excludes halogenated alkanes) is 1. The summed E-state index contributed by atoms with van der Waals surface area (Å²) in [7, 11) is 0. The van der Waals surface area contributed by atoms with Gasteiger partial charge < -0.3 is 0 Å². The molecule has 1 heterocycles. The van der Waals surface area contributed by atoms with Crippen molar-refractivity contribution in [2.45, 2.75) is 26.2 Å². The average molecular weight is 264 g/mol. The Hall–Kier alpha value is -2.31. The van der Waals surface area contributed by atoms with Crippen molar-refractivity contribution in [3.05, 3.63) is 46.0 Å². The summed E-state index contributed by atoms with van der Waals surface area (Å²) in [4.78, 5) is 9.89. The summed E-state index contributed by atoms with van der Waals surface area (Å²) in [5.74, 6) is -0.693. The number of rotatable bonds is 5. The number of non-ortho nitro benzene ring substituents is 1. The molecule has 0 aliphatic heterocycles. The maximum absolute atomic E-state index is 13.8. The number of hydrogen-bond donors (Lipinski definition) is 0. The van der Waals surface area contributed by atoms with Gasteiger partial charge in [-0.15, -0.1) is 5.10 Å². The van der Waals surface area contributed by atoms with E-state index in [9.17, 15) is 14.5 Å². The van der Waals surface area contributed by atoms with Gasteiger partial charge in [0.25, 0.3) is 5.69 Å². The Morgan fingerprint density at radius 1 is 1.47 bits per heavy atom. The molecule has 0 N–H and O–H groups in total. The highest BCUT2D eigenvalue weighted by molar-refractivity contribution is 5.41. The van der Waals surface area contributed by atoms with Gasteiger partial charge in [0, 0.05) is 6.07 Å². The van der Waals surface area contributed by atoms with Crippen LogP contribution in [0.3, 0.4) is 0 Å². The number of aromatic nitrogens is 3. The molecule has 7 heteroatoms. The third-order valence-electron chi connectivity index (χ3n) is 2.72. The van der Waals surface area contributed by atoms with Crippen molar-refractivity contribution in [3.8, 4) is 5.69 Å². The number of halogens is 1. The number of aryl methyl sites for hydroxylation is 1. The van der Waals surface area contributed by atoms with E-state index in [0.29, 0.717) is 0 Å². The van der Waals surface area contributed by atoms with Crippen molar-refractivity contribution in [1.82, 2.24) is 15.0 Å². The van der Waals surface area contributed by atoms with Crippen LogP contribution in [0.2, 0.25) is 0 Å². The molecule has 0 aliphatic carbocycles. The van der Waals surface area contributed by atoms with Crippen molar-refractivity contribution in [3.63, 3.8) is 0 Å². The van der Waals surface area contributed by atoms with E-state index < -0.39 is 10.7 Å². The molecule has 0 amide bonds. The lowest BCUT2D eigenvalue weighted by atomic mass is 10.2. The molecule has 0 aliphatic rings. The van der Waals surface area contributed by atoms with Crippen LogP contribution in [0.5, 0.6) is 0 Å². The van der Waals surface area contributed by atoms with Gasteiger partial charge in [0.05, 0.1) is 22.9 Å². The number of nitro groups is 1. The third-order valence-corrected chi connectivity index (χ3v) is 2.72. The van der Waals surface area contributed by atoms with Crippen molar-refractivity contribution >= 4 is 5.69 Å². The van der Waals surface area contributed by atoms with Gasteiger partial charge in [-0.05, 0) is 18.9 Å². The van der Waals surface area contributed by atoms with E-state index >= 15 is 0 Å². The fraction of sp³-hybridized carbons (Fsp3) is 0.333. The minimum Gasteiger partial charge on any atom is -0.258 e. The van der Waals surface area contributed by atoms with Crippen LogP contribution in [0.15, 0.2) is 24.4 Å². The van der Waals surface area contributed by atoms with Gasteiger partial charge in [-0.2, -0.15) is 0 Å². The van der Waals surface area contributed by atoms with Gasteiger partial charge in [-0.3, -0.25) is 10.1 Å². The molecule has 6 nitrogen and oxygen atoms in total. The van der Waals surface area contributed by atoms with E-state index in [-0.39, 0.29) is 11.4 Å². The molecule has 0 unspecified atom stereocenters. The highest BCUT2D eigenvalue weighted by Crippen LogP contribution is 2.19. The molecule has 2 aromatic rings. The SMILES string of the molecule is CCCCc1cn(-c2ccc([N+](=O)[O-])cc2F)nn1. The smallest absolute Gasteiger partial charge is 0.258 e. The molecular formula is C12H13FN4O2. The molecule has 0 atom stereocenters. The summed E-state index contributed by atoms with van der Waals surface area (Å²) in [6.07, 6.45) is 4.45. The van der Waals surface area contributed by atoms with Crippen LogP contribution in [-0.4, -0.2) is 19.9 Å². The van der Waals surface area contributed by atoms with Crippen LogP contribution in [0.25, 0.3) is 5.69 Å². The summed E-state index contributed by atoms with van der Waals surface area (Å²) < 4.78 is 15.1. The normalized spacial score (nSPS) is 10.6. The third kappa shape index (κ3) is 2.93. The Morgan fingerprint density at radius 2 is 2.26 bits per heavy atom. The highest BCUT2D eigenvalue weighted by Gasteiger charge is 2.13. The maximum Gasteiger partial charge on any atom is 0.272 e. The minimum absolute atomic E-state index is 0.154. The molecule has 19 heavy (non-hydrogen) atoms. The minimum atomic E-state index is -0.693. The first-order valence-corrected chi connectivity index (χ1v) is 5.97. The Balaban J connectivity index is 2.26. The van der Waals surface area contributed by atoms with Crippen LogP contribution in [0, 0.1) is 15.9 Å². The number of nitro benzene ring substituents is 1. The van der Waals surface area contributed by atoms with Gasteiger partial charge in [0.2, 0.25) is 0 Å². The molecule has 1 aromatic carbocycles. The van der Waals surface area contributed by atoms with Crippen LogP contribution >= 0.6 is 0 Å². The molecule has 0 saturated carbocycles. The zero-order chi connectivity index (χ0) is 13.8. The van der Waals surface area contributed by atoms with Gasteiger partial charge in [-0.1, -0.05) is 18.6 Å². The zero-order valence-electron chi connectivity index (χ0n) is 10.4. The average Bonchev–Trinajstić information content (AvgIpc) is 2.84. The molecule has 1 aromatic heterocycles. The summed E-state index contributed by atoms with van der Waals surface area (Å²) in [5, 5.41) is 18.3. The van der Waals surface area contributed by atoms with Crippen LogP contribution in [0.4, 0.5) is 10.1 Å². The number of nitrogens with zero attached hydrogens (tertiary/aromatic N) is 4. The lowest BCUT2D eigenvalue weighted by Gasteiger charge is -2.01. The van der Waals surface area contributed by atoms with Crippen molar-refractivity contribution < 1.29 is 9.31 Å². The Labute approximate surface area is 109 Å². The van der Waals surface area contributed by atoms with E-state index in [1.54, 1.807) is 6.20 Å². The fourth-order valence-electron chi connectivity index (χ4n) is 1.68. The lowest BCUT2D eigenvalue weighted by molar-refractivity contribution is -0.385. The first kappa shape index (κ1) is 13.1. The molecule has 2 rings (SSSR count). The topological polar surface area (TPSA) is 73.8 Å². The van der Waals surface area contributed by atoms with Crippen molar-refractivity contribution in [1.29, 1.82) is 0 Å². The second-order valence-corrected chi connectivity index (χ2v) is 4.15. The van der Waals surface area contributed by atoms with Crippen LogP contribution in [0.1, 0.15) is 25.5 Å². The molecule has 0 spiro atoms. The lowest BCUT2D eigenvalue weighted by Crippen LogP contribution is -1.99. The van der Waals surface area contributed by atoms with Gasteiger partial charge in [0.15, 0.2) is 5.82 Å². The summed E-state index contributed by atoms with van der Waals surface area (Å²) in [5.41, 5.74) is 0.646. The summed E-state index contributed by atoms with van der Waals surface area (Å²) >= 11 is 0. The van der Waals surface area contributed by atoms with Gasteiger partial charge >= 0.3 is 0 Å². The fourth-order valence-corrected chi connectivity index (χ4v) is 1.68. The molecule has 0 bridgehead atoms. The predicted molar refractivity (Wildman–Crippen MR) is 66.6 cm³/mol. The Kier molecular flexibility index (Phi) is 3.84. The summed E-state index contributed by atoms with van der Waals surface area (Å²) in [6.45, 7) is 2.07. The molecule has 0 fully saturated rings. The molecular weight excluding hydrogens is 251 g/mol. The first-order chi connectivity index (χ1) is 9.11. The number of hydrogen-bond acceptors (Lipinski definition) is 4. The number of benzene rings is 1. The largest absolute Gasteiger partial charge is 0.272 e. The van der Waals surface area contributed by atoms with Crippen LogP contribution < -0.4 is 0 Å². The maximum atomic E-state index is 13.8. The molecule has 100 valence electrons. The highest BCUT2D eigenvalue weighted by atomic mass is 19.1. The quantitative estimate of drug-likeness (QED) is 0.614. The second-order valence-electron chi connectivity index (χ2n) is 4.15. The second kappa shape index (κ2) is 5.55. The van der Waals surface area contributed by atoms with E-state index in [4.69, 9.17) is 0 Å². The van der Waals surface area contributed by atoms with E-state index in [1.807, 2.05) is 0 Å². The van der Waals surface area contributed by atoms with Crippen molar-refractivity contribution in [2.24, 2.45) is 0 Å². The van der Waals surface area contributed by atoms with E-state index in [2.05, 4.69) is 17.2 Å². The Morgan fingerprint density at radius 3 is 2.89 bits per heavy atom. The first-order valence-electron chi connectivity index (χ1n) is 5.97. The van der Waals surface area contributed by atoms with Crippen LogP contribution in [-0.2, 0) is 6.42 Å². The standard InChI is InChI=1S/C12H13FN4O2/c1-2-3-4-9-8-16(15-14-9)12-6-5-10(17(18)19)7-11(12)13/h5-8H,2-4H2,1H3. The van der Waals surface area contributed by atoms with E-state index in [0.717, 1.165) is 31.0 Å². The van der Waals surface area contributed by atoms with Crippen molar-refractivity contribution in [2.75, 3.05) is 0 Å². The van der Waals surface area contributed by atoms with Gasteiger partial charge in [0.1, 0.15) is 5.69 Å². The predicted octanol–water partition coefficient (Wildman–Crippen LogP) is 2.66.